The quantitative estimate of drug-likeness (QED) is 0.894. The third kappa shape index (κ3) is 2.68. The summed E-state index contributed by atoms with van der Waals surface area (Å²) in [6, 6.07) is 6.31. The van der Waals surface area contributed by atoms with E-state index in [1.807, 2.05) is 19.2 Å². The number of nitrogens with zero attached hydrogens (tertiary/aromatic N) is 1. The average Bonchev–Trinajstić information content (AvgIpc) is 2.76. The molecule has 0 saturated carbocycles. The molecule has 18 heavy (non-hydrogen) atoms. The Morgan fingerprint density at radius 2 is 2.17 bits per heavy atom. The predicted molar refractivity (Wildman–Crippen MR) is 70.8 cm³/mol. The van der Waals surface area contributed by atoms with Crippen molar-refractivity contribution in [3.63, 3.8) is 0 Å². The van der Waals surface area contributed by atoms with Gasteiger partial charge in [-0.25, -0.2) is 4.98 Å². The average molecular weight is 262 g/mol. The number of nitrogens with one attached hydrogen (secondary N) is 1. The number of carbonyl (C=O) groups excluding carboxylic acids is 1. The molecule has 0 aliphatic rings. The number of carbonyl (C=O) groups is 1. The maximum Gasteiger partial charge on any atom is 0.255 e. The van der Waals surface area contributed by atoms with Crippen LogP contribution in [0.1, 0.15) is 34.0 Å². The Bertz CT molecular complexity index is 566. The van der Waals surface area contributed by atoms with Gasteiger partial charge in [-0.3, -0.25) is 4.79 Å². The van der Waals surface area contributed by atoms with E-state index in [9.17, 15) is 9.90 Å². The Hall–Kier alpha value is -1.88. The maximum absolute atomic E-state index is 12.0. The molecule has 0 fully saturated rings. The molecule has 4 nitrogen and oxygen atoms in total. The van der Waals surface area contributed by atoms with Crippen LogP contribution in [0.3, 0.4) is 0 Å². The second-order valence-electron chi connectivity index (χ2n) is 4.04. The number of benzene rings is 1. The second-order valence-corrected chi connectivity index (χ2v) is 4.93. The van der Waals surface area contributed by atoms with Crippen LogP contribution in [-0.4, -0.2) is 16.0 Å². The molecule has 0 radical (unpaired) electrons. The van der Waals surface area contributed by atoms with E-state index in [4.69, 9.17) is 0 Å². The monoisotopic (exact) mass is 262 g/mol. The number of hydrogen-bond donors (Lipinski definition) is 2. The van der Waals surface area contributed by atoms with Gasteiger partial charge in [-0.05, 0) is 26.0 Å². The van der Waals surface area contributed by atoms with E-state index in [2.05, 4.69) is 10.3 Å². The minimum atomic E-state index is -0.298. The van der Waals surface area contributed by atoms with Gasteiger partial charge in [0.2, 0.25) is 0 Å². The lowest BCUT2D eigenvalue weighted by atomic mass is 10.2. The SMILES string of the molecule is Cc1csc(C(C)NC(=O)c2ccccc2O)n1. The van der Waals surface area contributed by atoms with Crippen molar-refractivity contribution in [2.24, 2.45) is 0 Å². The molecule has 0 bridgehead atoms. The molecule has 0 aliphatic heterocycles. The highest BCUT2D eigenvalue weighted by atomic mass is 32.1. The molecule has 0 spiro atoms. The maximum atomic E-state index is 12.0. The van der Waals surface area contributed by atoms with Crippen LogP contribution in [0.4, 0.5) is 0 Å². The van der Waals surface area contributed by atoms with Crippen LogP contribution < -0.4 is 5.32 Å². The third-order valence-corrected chi connectivity index (χ3v) is 3.65. The van der Waals surface area contributed by atoms with Crippen LogP contribution in [-0.2, 0) is 0 Å². The molecule has 1 aromatic heterocycles. The van der Waals surface area contributed by atoms with Crippen LogP contribution in [0, 0.1) is 6.92 Å². The van der Waals surface area contributed by atoms with E-state index in [1.54, 1.807) is 18.2 Å². The van der Waals surface area contributed by atoms with Gasteiger partial charge < -0.3 is 10.4 Å². The molecule has 1 atom stereocenters. The van der Waals surface area contributed by atoms with Crippen LogP contribution in [0.15, 0.2) is 29.6 Å². The topological polar surface area (TPSA) is 62.2 Å². The van der Waals surface area contributed by atoms with Crippen molar-refractivity contribution in [2.75, 3.05) is 0 Å². The van der Waals surface area contributed by atoms with Gasteiger partial charge in [-0.2, -0.15) is 0 Å². The highest BCUT2D eigenvalue weighted by Crippen LogP contribution is 2.20. The van der Waals surface area contributed by atoms with Crippen molar-refractivity contribution in [3.05, 3.63) is 45.9 Å². The number of aromatic nitrogens is 1. The van der Waals surface area contributed by atoms with Crippen LogP contribution >= 0.6 is 11.3 Å². The van der Waals surface area contributed by atoms with Gasteiger partial charge >= 0.3 is 0 Å². The van der Waals surface area contributed by atoms with Crippen molar-refractivity contribution in [2.45, 2.75) is 19.9 Å². The summed E-state index contributed by atoms with van der Waals surface area (Å²) in [7, 11) is 0. The van der Waals surface area contributed by atoms with E-state index in [0.29, 0.717) is 0 Å². The normalized spacial score (nSPS) is 12.1. The van der Waals surface area contributed by atoms with E-state index >= 15 is 0 Å². The van der Waals surface area contributed by atoms with Crippen molar-refractivity contribution < 1.29 is 9.90 Å². The lowest BCUT2D eigenvalue weighted by Crippen LogP contribution is -2.26. The molecule has 0 aliphatic carbocycles. The summed E-state index contributed by atoms with van der Waals surface area (Å²) in [4.78, 5) is 16.3. The van der Waals surface area contributed by atoms with Crippen LogP contribution in [0.2, 0.25) is 0 Å². The number of thiazole rings is 1. The van der Waals surface area contributed by atoms with Gasteiger partial charge in [0.15, 0.2) is 0 Å². The zero-order valence-electron chi connectivity index (χ0n) is 10.2. The molecule has 0 saturated heterocycles. The number of hydrogen-bond acceptors (Lipinski definition) is 4. The summed E-state index contributed by atoms with van der Waals surface area (Å²) in [6.07, 6.45) is 0. The van der Waals surface area contributed by atoms with Crippen molar-refractivity contribution in [3.8, 4) is 5.75 Å². The Morgan fingerprint density at radius 1 is 1.44 bits per heavy atom. The first-order chi connectivity index (χ1) is 8.58. The number of aromatic hydroxyl groups is 1. The standard InChI is InChI=1S/C13H14N2O2S/c1-8-7-18-13(14-8)9(2)15-12(17)10-5-3-4-6-11(10)16/h3-7,9,16H,1-2H3,(H,15,17). The molecular weight excluding hydrogens is 248 g/mol. The molecule has 2 rings (SSSR count). The second kappa shape index (κ2) is 5.18. The molecular formula is C13H14N2O2S. The predicted octanol–water partition coefficient (Wildman–Crippen LogP) is 2.65. The summed E-state index contributed by atoms with van der Waals surface area (Å²) < 4.78 is 0. The number of para-hydroxylation sites is 1. The minimum absolute atomic E-state index is 0.0162. The molecule has 2 N–H and O–H groups in total. The zero-order chi connectivity index (χ0) is 13.1. The molecule has 94 valence electrons. The van der Waals surface area contributed by atoms with Gasteiger partial charge in [-0.15, -0.1) is 11.3 Å². The highest BCUT2D eigenvalue weighted by molar-refractivity contribution is 7.09. The summed E-state index contributed by atoms with van der Waals surface area (Å²) in [5.74, 6) is -0.314. The Labute approximate surface area is 109 Å². The fourth-order valence-electron chi connectivity index (χ4n) is 1.57. The first-order valence-electron chi connectivity index (χ1n) is 5.59. The van der Waals surface area contributed by atoms with Gasteiger partial charge in [0.25, 0.3) is 5.91 Å². The van der Waals surface area contributed by atoms with Gasteiger partial charge in [-0.1, -0.05) is 12.1 Å². The summed E-state index contributed by atoms with van der Waals surface area (Å²) >= 11 is 1.51. The molecule has 1 amide bonds. The van der Waals surface area contributed by atoms with E-state index < -0.39 is 0 Å². The van der Waals surface area contributed by atoms with Gasteiger partial charge in [0, 0.05) is 11.1 Å². The molecule has 1 aromatic carbocycles. The van der Waals surface area contributed by atoms with Crippen molar-refractivity contribution in [1.29, 1.82) is 0 Å². The molecule has 1 unspecified atom stereocenters. The van der Waals surface area contributed by atoms with E-state index in [1.165, 1.54) is 17.4 Å². The third-order valence-electron chi connectivity index (χ3n) is 2.50. The first kappa shape index (κ1) is 12.6. The number of aryl methyl sites for hydroxylation is 1. The fraction of sp³-hybridized carbons (Fsp3) is 0.231. The first-order valence-corrected chi connectivity index (χ1v) is 6.47. The summed E-state index contributed by atoms with van der Waals surface area (Å²) in [5.41, 5.74) is 1.22. The molecule has 2 aromatic rings. The number of phenolic OH excluding ortho intramolecular Hbond substituents is 1. The number of rotatable bonds is 3. The smallest absolute Gasteiger partial charge is 0.255 e. The van der Waals surface area contributed by atoms with E-state index in [0.717, 1.165) is 10.7 Å². The summed E-state index contributed by atoms with van der Waals surface area (Å²) in [5, 5.41) is 15.2. The van der Waals surface area contributed by atoms with Gasteiger partial charge in [0.1, 0.15) is 10.8 Å². The van der Waals surface area contributed by atoms with Crippen molar-refractivity contribution in [1.82, 2.24) is 10.3 Å². The fourth-order valence-corrected chi connectivity index (χ4v) is 2.38. The lowest BCUT2D eigenvalue weighted by Gasteiger charge is -2.11. The van der Waals surface area contributed by atoms with Gasteiger partial charge in [0.05, 0.1) is 11.6 Å². The largest absolute Gasteiger partial charge is 0.507 e. The molecule has 5 heteroatoms. The zero-order valence-corrected chi connectivity index (χ0v) is 11.0. The highest BCUT2D eigenvalue weighted by Gasteiger charge is 2.15. The Morgan fingerprint density at radius 3 is 2.78 bits per heavy atom. The summed E-state index contributed by atoms with van der Waals surface area (Å²) in [6.45, 7) is 3.79. The lowest BCUT2D eigenvalue weighted by molar-refractivity contribution is 0.0937. The van der Waals surface area contributed by atoms with Crippen molar-refractivity contribution >= 4 is 17.2 Å². The number of phenols is 1. The number of amides is 1. The molecule has 1 heterocycles. The minimum Gasteiger partial charge on any atom is -0.507 e. The van der Waals surface area contributed by atoms with Crippen LogP contribution in [0.5, 0.6) is 5.75 Å². The Balaban J connectivity index is 2.10. The van der Waals surface area contributed by atoms with E-state index in [-0.39, 0.29) is 23.3 Å². The Kier molecular flexibility index (Phi) is 3.62. The van der Waals surface area contributed by atoms with Crippen LogP contribution in [0.25, 0.3) is 0 Å².